The summed E-state index contributed by atoms with van der Waals surface area (Å²) in [6.07, 6.45) is 0. The summed E-state index contributed by atoms with van der Waals surface area (Å²) >= 11 is 5.34. The first-order chi connectivity index (χ1) is 11.4. The number of nitrogens with zero attached hydrogens (tertiary/aromatic N) is 1. The van der Waals surface area contributed by atoms with Crippen LogP contribution in [0.1, 0.15) is 32.4 Å². The van der Waals surface area contributed by atoms with E-state index in [1.54, 1.807) is 37.1 Å². The van der Waals surface area contributed by atoms with Crippen molar-refractivity contribution in [2.24, 2.45) is 0 Å². The fourth-order valence-corrected chi connectivity index (χ4v) is 2.79. The normalized spacial score (nSPS) is 17.6. The number of esters is 1. The van der Waals surface area contributed by atoms with Crippen molar-refractivity contribution in [2.45, 2.75) is 26.8 Å². The minimum atomic E-state index is -0.465. The molecule has 0 bridgehead atoms. The first-order valence-corrected chi connectivity index (χ1v) is 8.19. The average molecular weight is 350 g/mol. The number of ether oxygens (including phenoxy) is 2. The fourth-order valence-electron chi connectivity index (χ4n) is 2.54. The van der Waals surface area contributed by atoms with E-state index in [1.807, 2.05) is 13.8 Å². The van der Waals surface area contributed by atoms with Gasteiger partial charge in [-0.05, 0) is 50.7 Å². The summed E-state index contributed by atoms with van der Waals surface area (Å²) in [7, 11) is 1.79. The van der Waals surface area contributed by atoms with Crippen LogP contribution in [-0.2, 0) is 9.53 Å². The molecule has 1 aliphatic rings. The molecule has 1 aromatic carbocycles. The van der Waals surface area contributed by atoms with Gasteiger partial charge in [0.05, 0.1) is 24.8 Å². The zero-order valence-electron chi connectivity index (χ0n) is 14.3. The molecule has 0 saturated carbocycles. The molecule has 2 rings (SSSR count). The lowest BCUT2D eigenvalue weighted by atomic mass is 9.95. The molecule has 1 heterocycles. The minimum absolute atomic E-state index is 0.0505. The highest BCUT2D eigenvalue weighted by Crippen LogP contribution is 2.35. The molecule has 1 aliphatic heterocycles. The molecule has 0 radical (unpaired) electrons. The summed E-state index contributed by atoms with van der Waals surface area (Å²) < 4.78 is 10.6. The van der Waals surface area contributed by atoms with Crippen molar-refractivity contribution in [3.05, 3.63) is 35.0 Å². The monoisotopic (exact) mass is 350 g/mol. The number of hydrogen-bond acceptors (Lipinski definition) is 5. The summed E-state index contributed by atoms with van der Waals surface area (Å²) in [6.45, 7) is 6.15. The van der Waals surface area contributed by atoms with Gasteiger partial charge in [0.15, 0.2) is 16.6 Å². The van der Waals surface area contributed by atoms with Crippen LogP contribution in [-0.4, -0.2) is 41.3 Å². The molecule has 24 heavy (non-hydrogen) atoms. The van der Waals surface area contributed by atoms with Crippen LogP contribution < -0.4 is 10.1 Å². The molecule has 2 N–H and O–H groups in total. The summed E-state index contributed by atoms with van der Waals surface area (Å²) in [5.74, 6) is 0.0184. The van der Waals surface area contributed by atoms with Crippen molar-refractivity contribution in [3.8, 4) is 11.5 Å². The van der Waals surface area contributed by atoms with Gasteiger partial charge in [-0.3, -0.25) is 0 Å². The molecule has 1 unspecified atom stereocenters. The lowest BCUT2D eigenvalue weighted by molar-refractivity contribution is -0.139. The van der Waals surface area contributed by atoms with Crippen LogP contribution in [0.3, 0.4) is 0 Å². The highest BCUT2D eigenvalue weighted by Gasteiger charge is 2.33. The molecular weight excluding hydrogens is 328 g/mol. The standard InChI is InChI=1S/C17H22N2O4S/c1-5-22-13-9-11(7-8-12(13)20)15-14(16(21)23-6-2)10(3)19(4)17(24)18-15/h7-9,15,20H,5-6H2,1-4H3,(H,18,24). The van der Waals surface area contributed by atoms with E-state index in [9.17, 15) is 9.90 Å². The zero-order valence-corrected chi connectivity index (χ0v) is 15.1. The first-order valence-electron chi connectivity index (χ1n) is 7.78. The SMILES string of the molecule is CCOC(=O)C1=C(C)N(C)C(=S)NC1c1ccc(O)c(OCC)c1. The van der Waals surface area contributed by atoms with Gasteiger partial charge < -0.3 is 24.8 Å². The number of phenols is 1. The average Bonchev–Trinajstić information content (AvgIpc) is 2.54. The summed E-state index contributed by atoms with van der Waals surface area (Å²) in [6, 6.07) is 4.52. The van der Waals surface area contributed by atoms with Crippen LogP contribution in [0.2, 0.25) is 0 Å². The van der Waals surface area contributed by atoms with Crippen molar-refractivity contribution < 1.29 is 19.4 Å². The highest BCUT2D eigenvalue weighted by molar-refractivity contribution is 7.80. The Morgan fingerprint density at radius 3 is 2.71 bits per heavy atom. The van der Waals surface area contributed by atoms with Crippen LogP contribution in [0.5, 0.6) is 11.5 Å². The number of carbonyl (C=O) groups is 1. The second-order valence-electron chi connectivity index (χ2n) is 5.32. The molecule has 1 atom stereocenters. The maximum Gasteiger partial charge on any atom is 0.338 e. The fraction of sp³-hybridized carbons (Fsp3) is 0.412. The van der Waals surface area contributed by atoms with E-state index in [0.29, 0.717) is 23.0 Å². The smallest absolute Gasteiger partial charge is 0.338 e. The summed E-state index contributed by atoms with van der Waals surface area (Å²) in [5.41, 5.74) is 1.98. The Morgan fingerprint density at radius 1 is 1.38 bits per heavy atom. The number of carbonyl (C=O) groups excluding carboxylic acids is 1. The Bertz CT molecular complexity index is 687. The number of nitrogens with one attached hydrogen (secondary N) is 1. The van der Waals surface area contributed by atoms with E-state index in [2.05, 4.69) is 5.32 Å². The van der Waals surface area contributed by atoms with Crippen LogP contribution in [0.15, 0.2) is 29.5 Å². The Labute approximate surface area is 147 Å². The van der Waals surface area contributed by atoms with Crippen LogP contribution >= 0.6 is 12.2 Å². The minimum Gasteiger partial charge on any atom is -0.504 e. The van der Waals surface area contributed by atoms with Gasteiger partial charge in [0.1, 0.15) is 0 Å². The lowest BCUT2D eigenvalue weighted by Gasteiger charge is -2.35. The maximum atomic E-state index is 12.5. The van der Waals surface area contributed by atoms with Gasteiger partial charge in [-0.25, -0.2) is 4.79 Å². The molecule has 0 fully saturated rings. The van der Waals surface area contributed by atoms with Crippen molar-refractivity contribution in [1.82, 2.24) is 10.2 Å². The summed E-state index contributed by atoms with van der Waals surface area (Å²) in [4.78, 5) is 14.2. The third-order valence-corrected chi connectivity index (χ3v) is 4.26. The maximum absolute atomic E-state index is 12.5. The highest BCUT2D eigenvalue weighted by atomic mass is 32.1. The number of thiocarbonyl (C=S) groups is 1. The molecule has 130 valence electrons. The predicted octanol–water partition coefficient (Wildman–Crippen LogP) is 2.49. The predicted molar refractivity (Wildman–Crippen MR) is 94.8 cm³/mol. The second-order valence-corrected chi connectivity index (χ2v) is 5.71. The number of aromatic hydroxyl groups is 1. The molecule has 0 aliphatic carbocycles. The van der Waals surface area contributed by atoms with Crippen molar-refractivity contribution in [2.75, 3.05) is 20.3 Å². The van der Waals surface area contributed by atoms with Crippen LogP contribution in [0.25, 0.3) is 0 Å². The molecule has 0 amide bonds. The molecule has 1 aromatic rings. The van der Waals surface area contributed by atoms with E-state index in [0.717, 1.165) is 11.3 Å². The largest absolute Gasteiger partial charge is 0.504 e. The van der Waals surface area contributed by atoms with Crippen molar-refractivity contribution >= 4 is 23.3 Å². The van der Waals surface area contributed by atoms with Crippen LogP contribution in [0.4, 0.5) is 0 Å². The number of benzene rings is 1. The van der Waals surface area contributed by atoms with E-state index >= 15 is 0 Å². The first kappa shape index (κ1) is 18.1. The third-order valence-electron chi connectivity index (χ3n) is 3.87. The van der Waals surface area contributed by atoms with Gasteiger partial charge in [-0.1, -0.05) is 6.07 Å². The Balaban J connectivity index is 2.51. The second kappa shape index (κ2) is 7.53. The van der Waals surface area contributed by atoms with Gasteiger partial charge in [-0.2, -0.15) is 0 Å². The van der Waals surface area contributed by atoms with Gasteiger partial charge in [0.2, 0.25) is 0 Å². The Kier molecular flexibility index (Phi) is 5.66. The van der Waals surface area contributed by atoms with Crippen molar-refractivity contribution in [3.63, 3.8) is 0 Å². The molecule has 0 aromatic heterocycles. The summed E-state index contributed by atoms with van der Waals surface area (Å²) in [5, 5.41) is 13.5. The third kappa shape index (κ3) is 3.46. The Morgan fingerprint density at radius 2 is 2.08 bits per heavy atom. The number of phenolic OH excluding ortho intramolecular Hbond substituents is 1. The van der Waals surface area contributed by atoms with Crippen LogP contribution in [0, 0.1) is 0 Å². The van der Waals surface area contributed by atoms with E-state index < -0.39 is 12.0 Å². The molecule has 0 spiro atoms. The lowest BCUT2D eigenvalue weighted by Crippen LogP contribution is -2.46. The number of hydrogen-bond donors (Lipinski definition) is 2. The Hall–Kier alpha value is -2.28. The molecule has 6 nitrogen and oxygen atoms in total. The van der Waals surface area contributed by atoms with Gasteiger partial charge in [0.25, 0.3) is 0 Å². The van der Waals surface area contributed by atoms with E-state index in [4.69, 9.17) is 21.7 Å². The van der Waals surface area contributed by atoms with Gasteiger partial charge in [0, 0.05) is 12.7 Å². The molecule has 0 saturated heterocycles. The molecular formula is C17H22N2O4S. The topological polar surface area (TPSA) is 71.0 Å². The van der Waals surface area contributed by atoms with Gasteiger partial charge in [-0.15, -0.1) is 0 Å². The number of allylic oxidation sites excluding steroid dienone is 1. The number of rotatable bonds is 5. The zero-order chi connectivity index (χ0) is 17.9. The van der Waals surface area contributed by atoms with E-state index in [1.165, 1.54) is 0 Å². The quantitative estimate of drug-likeness (QED) is 0.624. The van der Waals surface area contributed by atoms with Gasteiger partial charge >= 0.3 is 5.97 Å². The molecule has 7 heteroatoms. The van der Waals surface area contributed by atoms with E-state index in [-0.39, 0.29) is 12.4 Å². The van der Waals surface area contributed by atoms with Crippen molar-refractivity contribution in [1.29, 1.82) is 0 Å².